The van der Waals surface area contributed by atoms with Gasteiger partial charge in [-0.15, -0.1) is 0 Å². The molecule has 0 aromatic rings. The van der Waals surface area contributed by atoms with Crippen LogP contribution in [-0.4, -0.2) is 96.7 Å². The molecule has 3 unspecified atom stereocenters. The van der Waals surface area contributed by atoms with E-state index < -0.39 is 97.5 Å². The Hall–Kier alpha value is -1.94. The molecular weight excluding hydrogens is 1280 g/mol. The third-order valence-electron chi connectivity index (χ3n) is 18.8. The molecule has 0 heterocycles. The first-order valence-electron chi connectivity index (χ1n) is 41.0. The lowest BCUT2D eigenvalue weighted by Crippen LogP contribution is -2.30. The first-order chi connectivity index (χ1) is 47.4. The van der Waals surface area contributed by atoms with Crippen molar-refractivity contribution in [3.63, 3.8) is 0 Å². The molecule has 0 aliphatic rings. The molecule has 0 aliphatic heterocycles. The molecule has 0 bridgehead atoms. The van der Waals surface area contributed by atoms with Gasteiger partial charge in [-0.2, -0.15) is 0 Å². The highest BCUT2D eigenvalue weighted by atomic mass is 31.2. The maximum absolute atomic E-state index is 13.1. The van der Waals surface area contributed by atoms with Crippen LogP contribution in [0.5, 0.6) is 0 Å². The number of esters is 4. The number of ether oxygens (including phenoxy) is 4. The van der Waals surface area contributed by atoms with E-state index in [0.29, 0.717) is 25.7 Å². The van der Waals surface area contributed by atoms with Crippen LogP contribution >= 0.6 is 15.6 Å². The Morgan fingerprint density at radius 2 is 0.520 bits per heavy atom. The number of rotatable bonds is 78. The van der Waals surface area contributed by atoms with Gasteiger partial charge in [0.05, 0.1) is 26.4 Å². The molecule has 0 saturated heterocycles. The minimum atomic E-state index is -4.96. The van der Waals surface area contributed by atoms with Gasteiger partial charge >= 0.3 is 39.5 Å². The van der Waals surface area contributed by atoms with Gasteiger partial charge in [-0.25, -0.2) is 9.13 Å². The predicted molar refractivity (Wildman–Crippen MR) is 400 cm³/mol. The van der Waals surface area contributed by atoms with Crippen LogP contribution in [0.1, 0.15) is 414 Å². The number of phosphoric ester groups is 2. The summed E-state index contributed by atoms with van der Waals surface area (Å²) in [6.45, 7) is 9.67. The molecule has 0 aromatic carbocycles. The van der Waals surface area contributed by atoms with Crippen molar-refractivity contribution < 1.29 is 80.2 Å². The van der Waals surface area contributed by atoms with Crippen molar-refractivity contribution in [3.8, 4) is 0 Å². The van der Waals surface area contributed by atoms with E-state index in [-0.39, 0.29) is 25.7 Å². The number of hydrogen-bond donors (Lipinski definition) is 3. The molecule has 98 heavy (non-hydrogen) atoms. The van der Waals surface area contributed by atoms with E-state index in [1.165, 1.54) is 231 Å². The normalized spacial score (nSPS) is 14.2. The molecule has 0 saturated carbocycles. The largest absolute Gasteiger partial charge is 0.472 e. The first-order valence-corrected chi connectivity index (χ1v) is 44.0. The third-order valence-corrected chi connectivity index (χ3v) is 20.7. The van der Waals surface area contributed by atoms with E-state index in [4.69, 9.17) is 37.0 Å². The fourth-order valence-corrected chi connectivity index (χ4v) is 13.7. The van der Waals surface area contributed by atoms with E-state index in [2.05, 4.69) is 41.5 Å². The molecule has 0 spiro atoms. The average molecular weight is 1440 g/mol. The molecular formula is C79H154O17P2. The Balaban J connectivity index is 5.26. The van der Waals surface area contributed by atoms with Gasteiger partial charge in [0.25, 0.3) is 0 Å². The standard InChI is InChI=1S/C79H154O17P2/c1-7-10-12-14-16-18-20-21-22-23-27-31-38-44-50-56-62-77(82)90-68-74(95-78(83)63-57-51-45-39-32-28-25-24-26-30-35-41-47-53-59-71(4)5)69-93-97(85,86)91-65-73(80)66-92-98(87,88)94-70-75(67-89-76(81)61-55-49-43-37-29-19-17-15-13-11-8-2)96-79(84)64-58-52-46-40-34-33-36-42-48-54-60-72(6)9-3/h71-75,80H,7-70H2,1-6H3,(H,85,86)(H,87,88)/t72?,73-,74-,75-/m1/s1. The highest BCUT2D eigenvalue weighted by molar-refractivity contribution is 7.47. The van der Waals surface area contributed by atoms with Gasteiger partial charge in [0.15, 0.2) is 12.2 Å². The van der Waals surface area contributed by atoms with Crippen molar-refractivity contribution in [2.75, 3.05) is 39.6 Å². The van der Waals surface area contributed by atoms with E-state index in [9.17, 15) is 43.2 Å². The zero-order valence-corrected chi connectivity index (χ0v) is 65.9. The Bertz CT molecular complexity index is 1890. The molecule has 0 fully saturated rings. The number of phosphoric acid groups is 2. The van der Waals surface area contributed by atoms with Crippen molar-refractivity contribution in [2.24, 2.45) is 11.8 Å². The summed E-state index contributed by atoms with van der Waals surface area (Å²) in [7, 11) is -9.92. The summed E-state index contributed by atoms with van der Waals surface area (Å²) in [6, 6.07) is 0. The second kappa shape index (κ2) is 70.7. The summed E-state index contributed by atoms with van der Waals surface area (Å²) >= 11 is 0. The van der Waals surface area contributed by atoms with Crippen LogP contribution in [0.2, 0.25) is 0 Å². The monoisotopic (exact) mass is 1440 g/mol. The molecule has 0 amide bonds. The van der Waals surface area contributed by atoms with Crippen LogP contribution in [0, 0.1) is 11.8 Å². The number of unbranched alkanes of at least 4 members (excludes halogenated alkanes) is 47. The molecule has 3 N–H and O–H groups in total. The van der Waals surface area contributed by atoms with Crippen LogP contribution in [0.4, 0.5) is 0 Å². The summed E-state index contributed by atoms with van der Waals surface area (Å²) in [5.74, 6) is -0.511. The average Bonchev–Trinajstić information content (AvgIpc) is 0.981. The van der Waals surface area contributed by atoms with Gasteiger partial charge < -0.3 is 33.8 Å². The second-order valence-corrected chi connectivity index (χ2v) is 32.1. The summed E-state index contributed by atoms with van der Waals surface area (Å²) < 4.78 is 68.7. The highest BCUT2D eigenvalue weighted by Gasteiger charge is 2.30. The van der Waals surface area contributed by atoms with Crippen molar-refractivity contribution in [1.82, 2.24) is 0 Å². The summed E-state index contributed by atoms with van der Waals surface area (Å²) in [5, 5.41) is 10.6. The quantitative estimate of drug-likeness (QED) is 0.0222. The molecule has 0 aliphatic carbocycles. The van der Waals surface area contributed by atoms with Crippen molar-refractivity contribution in [3.05, 3.63) is 0 Å². The van der Waals surface area contributed by atoms with E-state index in [1.807, 2.05) is 0 Å². The zero-order chi connectivity index (χ0) is 72.1. The van der Waals surface area contributed by atoms with Crippen LogP contribution in [0.25, 0.3) is 0 Å². The lowest BCUT2D eigenvalue weighted by molar-refractivity contribution is -0.161. The summed E-state index contributed by atoms with van der Waals surface area (Å²) in [4.78, 5) is 73.0. The molecule has 0 aromatic heterocycles. The van der Waals surface area contributed by atoms with Gasteiger partial charge in [-0.05, 0) is 37.5 Å². The Kier molecular flexibility index (Phi) is 69.3. The lowest BCUT2D eigenvalue weighted by atomic mass is 9.99. The number of aliphatic hydroxyl groups is 1. The molecule has 17 nitrogen and oxygen atoms in total. The number of carbonyl (C=O) groups is 4. The minimum absolute atomic E-state index is 0.107. The lowest BCUT2D eigenvalue weighted by Gasteiger charge is -2.21. The Morgan fingerprint density at radius 1 is 0.296 bits per heavy atom. The second-order valence-electron chi connectivity index (χ2n) is 29.2. The van der Waals surface area contributed by atoms with Crippen LogP contribution in [0.3, 0.4) is 0 Å². The number of hydrogen-bond acceptors (Lipinski definition) is 15. The van der Waals surface area contributed by atoms with Crippen molar-refractivity contribution >= 4 is 39.5 Å². The smallest absolute Gasteiger partial charge is 0.462 e. The van der Waals surface area contributed by atoms with E-state index >= 15 is 0 Å². The molecule has 582 valence electrons. The summed E-state index contributed by atoms with van der Waals surface area (Å²) in [6.07, 6.45) is 59.4. The van der Waals surface area contributed by atoms with Crippen LogP contribution in [-0.2, 0) is 65.4 Å². The molecule has 19 heteroatoms. The first kappa shape index (κ1) is 96.1. The minimum Gasteiger partial charge on any atom is -0.462 e. The van der Waals surface area contributed by atoms with Crippen molar-refractivity contribution in [1.29, 1.82) is 0 Å². The van der Waals surface area contributed by atoms with Gasteiger partial charge in [-0.3, -0.25) is 37.3 Å². The fourth-order valence-electron chi connectivity index (χ4n) is 12.2. The maximum atomic E-state index is 13.1. The Labute approximate surface area is 600 Å². The summed E-state index contributed by atoms with van der Waals surface area (Å²) in [5.41, 5.74) is 0. The predicted octanol–water partition coefficient (Wildman–Crippen LogP) is 23.5. The van der Waals surface area contributed by atoms with Gasteiger partial charge in [0, 0.05) is 25.7 Å². The van der Waals surface area contributed by atoms with Crippen LogP contribution in [0.15, 0.2) is 0 Å². The maximum Gasteiger partial charge on any atom is 0.472 e. The Morgan fingerprint density at radius 3 is 0.776 bits per heavy atom. The van der Waals surface area contributed by atoms with E-state index in [0.717, 1.165) is 102 Å². The molecule has 0 rings (SSSR count). The zero-order valence-electron chi connectivity index (χ0n) is 64.1. The van der Waals surface area contributed by atoms with Gasteiger partial charge in [0.2, 0.25) is 0 Å². The van der Waals surface area contributed by atoms with Gasteiger partial charge in [0.1, 0.15) is 19.3 Å². The van der Waals surface area contributed by atoms with Crippen molar-refractivity contribution in [2.45, 2.75) is 432 Å². The molecule has 6 atom stereocenters. The van der Waals surface area contributed by atoms with Crippen LogP contribution < -0.4 is 0 Å². The third kappa shape index (κ3) is 71.1. The van der Waals surface area contributed by atoms with Gasteiger partial charge in [-0.1, -0.05) is 363 Å². The number of carbonyl (C=O) groups excluding carboxylic acids is 4. The van der Waals surface area contributed by atoms with E-state index in [1.54, 1.807) is 0 Å². The number of aliphatic hydroxyl groups excluding tert-OH is 1. The SMILES string of the molecule is CCCCCCCCCCCCCCCCCCC(=O)OC[C@H](COP(=O)(O)OC[C@@H](O)COP(=O)(O)OC[C@@H](COC(=O)CCCCCCCCCCCCC)OC(=O)CCCCCCCCCCCCC(C)CC)OC(=O)CCCCCCCCCCCCCCCCC(C)C. The highest BCUT2D eigenvalue weighted by Crippen LogP contribution is 2.45. The molecule has 0 radical (unpaired) electrons. The fraction of sp³-hybridized carbons (Fsp3) is 0.949. The topological polar surface area (TPSA) is 237 Å².